The number of nitrogens with zero attached hydrogens (tertiary/aromatic N) is 2. The van der Waals surface area contributed by atoms with Crippen molar-refractivity contribution in [3.63, 3.8) is 0 Å². The second-order valence-electron chi connectivity index (χ2n) is 8.08. The van der Waals surface area contributed by atoms with Crippen LogP contribution < -0.4 is 11.1 Å². The van der Waals surface area contributed by atoms with E-state index in [9.17, 15) is 19.2 Å². The van der Waals surface area contributed by atoms with Crippen LogP contribution >= 0.6 is 11.8 Å². The molecule has 10 heteroatoms. The van der Waals surface area contributed by atoms with Crippen LogP contribution in [0.25, 0.3) is 0 Å². The van der Waals surface area contributed by atoms with Crippen LogP contribution in [-0.2, 0) is 19.1 Å². The highest BCUT2D eigenvalue weighted by molar-refractivity contribution is 8.00. The van der Waals surface area contributed by atoms with Crippen LogP contribution in [0.3, 0.4) is 0 Å². The fourth-order valence-corrected chi connectivity index (χ4v) is 5.18. The van der Waals surface area contributed by atoms with Gasteiger partial charge in [-0.05, 0) is 33.6 Å². The van der Waals surface area contributed by atoms with E-state index in [-0.39, 0.29) is 17.2 Å². The Morgan fingerprint density at radius 3 is 2.59 bits per heavy atom. The highest BCUT2D eigenvalue weighted by Crippen LogP contribution is 2.37. The molecule has 0 saturated carbocycles. The number of likely N-dealkylation sites (tertiary alicyclic amines) is 1. The van der Waals surface area contributed by atoms with Crippen LogP contribution in [0.15, 0.2) is 0 Å². The molecule has 150 valence electrons. The zero-order valence-electron chi connectivity index (χ0n) is 15.8. The molecule has 0 radical (unpaired) electrons. The Labute approximate surface area is 162 Å². The Morgan fingerprint density at radius 1 is 1.26 bits per heavy atom. The summed E-state index contributed by atoms with van der Waals surface area (Å²) in [4.78, 5) is 52.2. The van der Waals surface area contributed by atoms with Gasteiger partial charge in [0.1, 0.15) is 23.7 Å². The van der Waals surface area contributed by atoms with Gasteiger partial charge in [0.2, 0.25) is 17.7 Å². The molecular weight excluding hydrogens is 372 g/mol. The third-order valence-electron chi connectivity index (χ3n) is 4.91. The Balaban J connectivity index is 1.63. The van der Waals surface area contributed by atoms with Gasteiger partial charge in [0.05, 0.1) is 5.37 Å². The average Bonchev–Trinajstić information content (AvgIpc) is 3.23. The summed E-state index contributed by atoms with van der Waals surface area (Å²) in [5, 5.41) is 2.61. The molecule has 4 atom stereocenters. The molecule has 0 unspecified atom stereocenters. The van der Waals surface area contributed by atoms with Gasteiger partial charge in [0.15, 0.2) is 0 Å². The molecule has 3 saturated heterocycles. The fraction of sp³-hybridized carbons (Fsp3) is 0.765. The number of carbonyl (C=O) groups excluding carboxylic acids is 4. The molecular formula is C17H26N4O5S. The molecule has 0 aromatic rings. The maximum atomic E-state index is 12.7. The third kappa shape index (κ3) is 3.99. The molecule has 3 rings (SSSR count). The number of fused-ring (bicyclic) bond motifs is 1. The van der Waals surface area contributed by atoms with Crippen LogP contribution in [-0.4, -0.2) is 75.0 Å². The first-order chi connectivity index (χ1) is 12.6. The van der Waals surface area contributed by atoms with E-state index in [1.807, 2.05) is 0 Å². The van der Waals surface area contributed by atoms with Crippen LogP contribution in [0.2, 0.25) is 0 Å². The maximum Gasteiger partial charge on any atom is 0.410 e. The lowest BCUT2D eigenvalue weighted by Crippen LogP contribution is -2.53. The van der Waals surface area contributed by atoms with Crippen LogP contribution in [0.4, 0.5) is 4.79 Å². The van der Waals surface area contributed by atoms with Gasteiger partial charge in [0, 0.05) is 18.7 Å². The number of ether oxygens (including phenoxy) is 1. The number of amides is 4. The van der Waals surface area contributed by atoms with E-state index >= 15 is 0 Å². The molecule has 9 nitrogen and oxygen atoms in total. The predicted molar refractivity (Wildman–Crippen MR) is 98.6 cm³/mol. The normalized spacial score (nSPS) is 30.4. The van der Waals surface area contributed by atoms with Gasteiger partial charge in [-0.3, -0.25) is 19.3 Å². The molecule has 0 spiro atoms. The quantitative estimate of drug-likeness (QED) is 0.692. The van der Waals surface area contributed by atoms with E-state index in [1.165, 1.54) is 21.6 Å². The first-order valence-corrected chi connectivity index (χ1v) is 10.2. The molecule has 3 aliphatic heterocycles. The Hall–Kier alpha value is -1.97. The van der Waals surface area contributed by atoms with E-state index < -0.39 is 35.7 Å². The van der Waals surface area contributed by atoms with Crippen molar-refractivity contribution in [1.82, 2.24) is 15.1 Å². The summed E-state index contributed by atoms with van der Waals surface area (Å²) in [6, 6.07) is -1.97. The van der Waals surface area contributed by atoms with E-state index in [0.717, 1.165) is 0 Å². The number of hydrogen-bond acceptors (Lipinski definition) is 6. The highest BCUT2D eigenvalue weighted by atomic mass is 32.2. The third-order valence-corrected chi connectivity index (χ3v) is 6.22. The van der Waals surface area contributed by atoms with E-state index in [2.05, 4.69) is 5.32 Å². The van der Waals surface area contributed by atoms with Crippen molar-refractivity contribution >= 4 is 35.6 Å². The zero-order valence-corrected chi connectivity index (χ0v) is 16.6. The Morgan fingerprint density at radius 2 is 1.96 bits per heavy atom. The zero-order chi connectivity index (χ0) is 19.9. The summed E-state index contributed by atoms with van der Waals surface area (Å²) in [5.41, 5.74) is 4.73. The van der Waals surface area contributed by atoms with Gasteiger partial charge in [-0.2, -0.15) is 0 Å². The van der Waals surface area contributed by atoms with Crippen molar-refractivity contribution in [2.45, 2.75) is 69.1 Å². The number of nitrogens with two attached hydrogens (primary N) is 1. The van der Waals surface area contributed by atoms with Gasteiger partial charge in [-0.25, -0.2) is 4.79 Å². The van der Waals surface area contributed by atoms with E-state index in [4.69, 9.17) is 10.5 Å². The standard InChI is InChI=1S/C17H26N4O5S/c1-17(2,3)26-16(25)20-6-4-5-10(20)14(23)19-9-7-12-21(15(9)24)11(8-27-12)13(18)22/h9-12H,4-8H2,1-3H3,(H2,18,22)(H,19,23)/t9-,10+,11+,12+/m1/s1. The SMILES string of the molecule is CC(C)(C)OC(=O)N1CCC[C@H]1C(=O)N[C@@H]1C[C@@H]2SC[C@@H](C(N)=O)N2C1=O. The van der Waals surface area contributed by atoms with Crippen LogP contribution in [0.1, 0.15) is 40.0 Å². The molecule has 0 aromatic heterocycles. The van der Waals surface area contributed by atoms with Gasteiger partial charge < -0.3 is 20.7 Å². The molecule has 0 aromatic carbocycles. The Bertz CT molecular complexity index is 664. The highest BCUT2D eigenvalue weighted by Gasteiger charge is 2.50. The molecule has 3 heterocycles. The first kappa shape index (κ1) is 19.8. The second-order valence-corrected chi connectivity index (χ2v) is 9.29. The number of nitrogens with one attached hydrogen (secondary N) is 1. The molecule has 0 aliphatic carbocycles. The van der Waals surface area contributed by atoms with Crippen molar-refractivity contribution in [2.24, 2.45) is 5.73 Å². The van der Waals surface area contributed by atoms with E-state index in [1.54, 1.807) is 20.8 Å². The summed E-state index contributed by atoms with van der Waals surface area (Å²) in [7, 11) is 0. The summed E-state index contributed by atoms with van der Waals surface area (Å²) < 4.78 is 5.37. The van der Waals surface area contributed by atoms with Crippen molar-refractivity contribution in [3.05, 3.63) is 0 Å². The van der Waals surface area contributed by atoms with Crippen molar-refractivity contribution in [3.8, 4) is 0 Å². The minimum absolute atomic E-state index is 0.147. The lowest BCUT2D eigenvalue weighted by atomic mass is 10.1. The number of thioether (sulfide) groups is 1. The minimum atomic E-state index is -0.696. The molecule has 3 fully saturated rings. The maximum absolute atomic E-state index is 12.7. The first-order valence-electron chi connectivity index (χ1n) is 9.11. The average molecular weight is 398 g/mol. The lowest BCUT2D eigenvalue weighted by Gasteiger charge is -2.28. The lowest BCUT2D eigenvalue weighted by molar-refractivity contribution is -0.138. The van der Waals surface area contributed by atoms with E-state index in [0.29, 0.717) is 31.6 Å². The van der Waals surface area contributed by atoms with Crippen molar-refractivity contribution in [2.75, 3.05) is 12.3 Å². The summed E-state index contributed by atoms with van der Waals surface area (Å²) >= 11 is 1.50. The smallest absolute Gasteiger partial charge is 0.410 e. The van der Waals surface area contributed by atoms with Gasteiger partial charge in [-0.1, -0.05) is 0 Å². The number of rotatable bonds is 3. The summed E-state index contributed by atoms with van der Waals surface area (Å²) in [6.45, 7) is 5.76. The molecule has 4 amide bonds. The Kier molecular flexibility index (Phi) is 5.29. The predicted octanol–water partition coefficient (Wildman–Crippen LogP) is 0.0298. The largest absolute Gasteiger partial charge is 0.444 e. The molecule has 27 heavy (non-hydrogen) atoms. The van der Waals surface area contributed by atoms with Crippen LogP contribution in [0.5, 0.6) is 0 Å². The summed E-state index contributed by atoms with van der Waals surface area (Å²) in [5.74, 6) is -0.693. The van der Waals surface area contributed by atoms with Gasteiger partial charge >= 0.3 is 6.09 Å². The monoisotopic (exact) mass is 398 g/mol. The van der Waals surface area contributed by atoms with Crippen LogP contribution in [0, 0.1) is 0 Å². The second kappa shape index (κ2) is 7.21. The minimum Gasteiger partial charge on any atom is -0.444 e. The van der Waals surface area contributed by atoms with Gasteiger partial charge in [-0.15, -0.1) is 11.8 Å². The number of hydrogen-bond donors (Lipinski definition) is 2. The summed E-state index contributed by atoms with van der Waals surface area (Å²) in [6.07, 6.45) is 1.13. The number of primary amides is 1. The topological polar surface area (TPSA) is 122 Å². The fourth-order valence-electron chi connectivity index (χ4n) is 3.71. The molecule has 0 bridgehead atoms. The van der Waals surface area contributed by atoms with Gasteiger partial charge in [0.25, 0.3) is 0 Å². The van der Waals surface area contributed by atoms with Crippen molar-refractivity contribution < 1.29 is 23.9 Å². The molecule has 3 aliphatic rings. The number of carbonyl (C=O) groups is 4. The van der Waals surface area contributed by atoms with Crippen molar-refractivity contribution in [1.29, 1.82) is 0 Å². The molecule has 3 N–H and O–H groups in total.